The van der Waals surface area contributed by atoms with E-state index in [9.17, 15) is 0 Å². The number of nitrogens with two attached hydrogens (primary N) is 1. The second-order valence-electron chi connectivity index (χ2n) is 4.94. The number of benzene rings is 1. The molecule has 1 fully saturated rings. The third-order valence-electron chi connectivity index (χ3n) is 3.46. The highest BCUT2D eigenvalue weighted by Gasteiger charge is 2.27. The maximum atomic E-state index is 5.98. The second-order valence-corrected chi connectivity index (χ2v) is 4.94. The summed E-state index contributed by atoms with van der Waals surface area (Å²) < 4.78 is 1.79. The highest BCUT2D eigenvalue weighted by atomic mass is 127. The van der Waals surface area contributed by atoms with Crippen molar-refractivity contribution in [2.45, 2.75) is 25.4 Å². The van der Waals surface area contributed by atoms with E-state index in [0.717, 1.165) is 11.5 Å². The summed E-state index contributed by atoms with van der Waals surface area (Å²) in [6.45, 7) is 0.428. The predicted octanol–water partition coefficient (Wildman–Crippen LogP) is 1.79. The van der Waals surface area contributed by atoms with E-state index in [4.69, 9.17) is 5.73 Å². The lowest BCUT2D eigenvalue weighted by Crippen LogP contribution is -2.35. The molecule has 1 aliphatic rings. The molecule has 0 unspecified atom stereocenters. The van der Waals surface area contributed by atoms with Crippen molar-refractivity contribution in [2.24, 2.45) is 10.7 Å². The molecule has 112 valence electrons. The van der Waals surface area contributed by atoms with Crippen LogP contribution in [-0.2, 0) is 6.54 Å². The summed E-state index contributed by atoms with van der Waals surface area (Å²) >= 11 is 0. The van der Waals surface area contributed by atoms with Gasteiger partial charge in [-0.3, -0.25) is 0 Å². The van der Waals surface area contributed by atoms with E-state index >= 15 is 0 Å². The molecule has 6 nitrogen and oxygen atoms in total. The molecule has 0 amide bonds. The Bertz CT molecular complexity index is 605. The highest BCUT2D eigenvalue weighted by molar-refractivity contribution is 14.0. The van der Waals surface area contributed by atoms with Crippen molar-refractivity contribution in [3.63, 3.8) is 0 Å². The number of hydrogen-bond acceptors (Lipinski definition) is 3. The monoisotopic (exact) mass is 398 g/mol. The zero-order valence-corrected chi connectivity index (χ0v) is 14.2. The summed E-state index contributed by atoms with van der Waals surface area (Å²) in [5.41, 5.74) is 6.96. The first kappa shape index (κ1) is 15.7. The van der Waals surface area contributed by atoms with Gasteiger partial charge < -0.3 is 10.6 Å². The van der Waals surface area contributed by atoms with Crippen molar-refractivity contribution in [2.75, 3.05) is 7.05 Å². The van der Waals surface area contributed by atoms with Crippen LogP contribution in [0.1, 0.15) is 18.7 Å². The van der Waals surface area contributed by atoms with Crippen molar-refractivity contribution in [1.29, 1.82) is 0 Å². The fourth-order valence-corrected chi connectivity index (χ4v) is 2.07. The van der Waals surface area contributed by atoms with E-state index in [1.165, 1.54) is 12.8 Å². The van der Waals surface area contributed by atoms with Crippen molar-refractivity contribution in [1.82, 2.24) is 19.7 Å². The van der Waals surface area contributed by atoms with Crippen LogP contribution >= 0.6 is 24.0 Å². The molecule has 0 radical (unpaired) electrons. The topological polar surface area (TPSA) is 72.3 Å². The smallest absolute Gasteiger partial charge is 0.191 e. The molecule has 21 heavy (non-hydrogen) atoms. The third kappa shape index (κ3) is 3.72. The first-order valence-electron chi connectivity index (χ1n) is 6.73. The number of para-hydroxylation sites is 1. The molecule has 1 saturated carbocycles. The van der Waals surface area contributed by atoms with Gasteiger partial charge in [-0.15, -0.1) is 24.0 Å². The van der Waals surface area contributed by atoms with Crippen LogP contribution < -0.4 is 5.73 Å². The summed E-state index contributed by atoms with van der Waals surface area (Å²) in [6.07, 6.45) is 3.94. The fourth-order valence-electron chi connectivity index (χ4n) is 2.07. The average molecular weight is 398 g/mol. The van der Waals surface area contributed by atoms with Gasteiger partial charge in [-0.2, -0.15) is 5.10 Å². The lowest BCUT2D eigenvalue weighted by molar-refractivity contribution is 0.486. The molecule has 2 aromatic rings. The quantitative estimate of drug-likeness (QED) is 0.484. The predicted molar refractivity (Wildman–Crippen MR) is 92.9 cm³/mol. The Kier molecular flexibility index (Phi) is 5.16. The van der Waals surface area contributed by atoms with Gasteiger partial charge in [-0.05, 0) is 25.0 Å². The normalized spacial score (nSPS) is 14.6. The number of hydrogen-bond donors (Lipinski definition) is 1. The minimum absolute atomic E-state index is 0. The van der Waals surface area contributed by atoms with Gasteiger partial charge in [-0.1, -0.05) is 18.2 Å². The lowest BCUT2D eigenvalue weighted by Gasteiger charge is -2.16. The number of aromatic nitrogens is 3. The van der Waals surface area contributed by atoms with E-state index in [1.54, 1.807) is 11.0 Å². The molecular formula is C14H19IN6. The average Bonchev–Trinajstić information content (AvgIpc) is 3.23. The largest absolute Gasteiger partial charge is 0.370 e. The van der Waals surface area contributed by atoms with Crippen molar-refractivity contribution in [3.8, 4) is 5.69 Å². The number of halogens is 1. The van der Waals surface area contributed by atoms with Gasteiger partial charge in [0.2, 0.25) is 0 Å². The van der Waals surface area contributed by atoms with E-state index in [1.807, 2.05) is 42.3 Å². The molecule has 0 bridgehead atoms. The number of aliphatic imine (C=N–C) groups is 1. The molecular weight excluding hydrogens is 379 g/mol. The Morgan fingerprint density at radius 2 is 2.10 bits per heavy atom. The van der Waals surface area contributed by atoms with Gasteiger partial charge in [0, 0.05) is 13.1 Å². The molecule has 0 saturated heterocycles. The minimum atomic E-state index is 0. The summed E-state index contributed by atoms with van der Waals surface area (Å²) in [5, 5.41) is 4.24. The highest BCUT2D eigenvalue weighted by Crippen LogP contribution is 2.24. The molecule has 3 rings (SSSR count). The molecule has 0 spiro atoms. The number of rotatable bonds is 4. The summed E-state index contributed by atoms with van der Waals surface area (Å²) in [6, 6.07) is 10.5. The van der Waals surface area contributed by atoms with Gasteiger partial charge in [0.05, 0.1) is 5.69 Å². The maximum Gasteiger partial charge on any atom is 0.191 e. The van der Waals surface area contributed by atoms with Crippen LogP contribution in [0.2, 0.25) is 0 Å². The van der Waals surface area contributed by atoms with E-state index in [2.05, 4.69) is 15.1 Å². The molecule has 1 aromatic heterocycles. The van der Waals surface area contributed by atoms with Crippen LogP contribution in [-0.4, -0.2) is 38.7 Å². The molecule has 0 aliphatic heterocycles. The zero-order valence-electron chi connectivity index (χ0n) is 11.9. The number of guanidine groups is 1. The standard InChI is InChI=1S/C14H18N6.HI/c1-19(11-7-8-11)14(15)16-9-13-17-10-18-20(13)12-5-3-2-4-6-12;/h2-6,10-11H,7-9H2,1H3,(H2,15,16);1H. The van der Waals surface area contributed by atoms with Crippen molar-refractivity contribution >= 4 is 29.9 Å². The maximum absolute atomic E-state index is 5.98. The molecule has 2 N–H and O–H groups in total. The second kappa shape index (κ2) is 6.88. The van der Waals surface area contributed by atoms with Crippen LogP contribution in [0.15, 0.2) is 41.7 Å². The van der Waals surface area contributed by atoms with E-state index in [-0.39, 0.29) is 24.0 Å². The summed E-state index contributed by atoms with van der Waals surface area (Å²) in [7, 11) is 1.98. The van der Waals surface area contributed by atoms with Crippen LogP contribution in [0.3, 0.4) is 0 Å². The fraction of sp³-hybridized carbons (Fsp3) is 0.357. The zero-order chi connectivity index (χ0) is 13.9. The van der Waals surface area contributed by atoms with Gasteiger partial charge in [-0.25, -0.2) is 14.7 Å². The van der Waals surface area contributed by atoms with Gasteiger partial charge in [0.1, 0.15) is 12.9 Å². The van der Waals surface area contributed by atoms with E-state index in [0.29, 0.717) is 18.5 Å². The Labute approximate surface area is 141 Å². The van der Waals surface area contributed by atoms with Crippen LogP contribution in [0.25, 0.3) is 5.69 Å². The van der Waals surface area contributed by atoms with Gasteiger partial charge >= 0.3 is 0 Å². The van der Waals surface area contributed by atoms with Crippen LogP contribution in [0, 0.1) is 0 Å². The molecule has 7 heteroatoms. The first-order chi connectivity index (χ1) is 9.75. The summed E-state index contributed by atoms with van der Waals surface area (Å²) in [5.74, 6) is 1.35. The molecule has 1 heterocycles. The number of nitrogens with zero attached hydrogens (tertiary/aromatic N) is 5. The molecule has 1 aliphatic carbocycles. The van der Waals surface area contributed by atoms with Crippen LogP contribution in [0.4, 0.5) is 0 Å². The minimum Gasteiger partial charge on any atom is -0.370 e. The Morgan fingerprint density at radius 1 is 1.38 bits per heavy atom. The molecule has 1 aromatic carbocycles. The Balaban J connectivity index is 0.00000161. The van der Waals surface area contributed by atoms with Crippen LogP contribution in [0.5, 0.6) is 0 Å². The first-order valence-corrected chi connectivity index (χ1v) is 6.73. The Morgan fingerprint density at radius 3 is 2.76 bits per heavy atom. The summed E-state index contributed by atoms with van der Waals surface area (Å²) in [4.78, 5) is 10.7. The van der Waals surface area contributed by atoms with Gasteiger partial charge in [0.15, 0.2) is 11.8 Å². The van der Waals surface area contributed by atoms with Crippen molar-refractivity contribution in [3.05, 3.63) is 42.5 Å². The lowest BCUT2D eigenvalue weighted by atomic mass is 10.3. The molecule has 0 atom stereocenters. The third-order valence-corrected chi connectivity index (χ3v) is 3.46. The van der Waals surface area contributed by atoms with Gasteiger partial charge in [0.25, 0.3) is 0 Å². The van der Waals surface area contributed by atoms with Crippen molar-refractivity contribution < 1.29 is 0 Å². The SMILES string of the molecule is CN(C(N)=NCc1ncnn1-c1ccccc1)C1CC1.I. The van der Waals surface area contributed by atoms with E-state index < -0.39 is 0 Å². The Hall–Kier alpha value is -1.64.